The van der Waals surface area contributed by atoms with Gasteiger partial charge in [0.15, 0.2) is 0 Å². The predicted molar refractivity (Wildman–Crippen MR) is 68.8 cm³/mol. The van der Waals surface area contributed by atoms with Gasteiger partial charge in [0, 0.05) is 37.8 Å². The van der Waals surface area contributed by atoms with Crippen LogP contribution in [-0.2, 0) is 9.47 Å². The lowest BCUT2D eigenvalue weighted by Crippen LogP contribution is -2.43. The molecule has 0 spiro atoms. The highest BCUT2D eigenvalue weighted by Crippen LogP contribution is 2.15. The summed E-state index contributed by atoms with van der Waals surface area (Å²) in [6, 6.07) is 0. The quantitative estimate of drug-likeness (QED) is 0.651. The van der Waals surface area contributed by atoms with E-state index in [1.807, 2.05) is 0 Å². The van der Waals surface area contributed by atoms with Crippen molar-refractivity contribution in [1.82, 2.24) is 5.32 Å². The van der Waals surface area contributed by atoms with Gasteiger partial charge in [-0.05, 0) is 27.2 Å². The van der Waals surface area contributed by atoms with Gasteiger partial charge in [0.2, 0.25) is 0 Å². The van der Waals surface area contributed by atoms with E-state index in [1.165, 1.54) is 0 Å². The zero-order valence-corrected chi connectivity index (χ0v) is 11.9. The average molecular weight is 231 g/mol. The summed E-state index contributed by atoms with van der Waals surface area (Å²) < 4.78 is 10.6. The standard InChI is InChI=1S/C13H29NO2/c1-12(2,3)14-10-13(4,5)11-16-9-7-8-15-6/h14H,7-11H2,1-6H3. The van der Waals surface area contributed by atoms with Gasteiger partial charge in [0.05, 0.1) is 6.61 Å². The Bertz CT molecular complexity index is 173. The Kier molecular flexibility index (Phi) is 7.20. The molecule has 0 atom stereocenters. The van der Waals surface area contributed by atoms with Crippen molar-refractivity contribution in [3.8, 4) is 0 Å². The van der Waals surface area contributed by atoms with Gasteiger partial charge in [-0.2, -0.15) is 0 Å². The Morgan fingerprint density at radius 1 is 1.00 bits per heavy atom. The lowest BCUT2D eigenvalue weighted by molar-refractivity contribution is 0.0465. The molecule has 0 aliphatic heterocycles. The summed E-state index contributed by atoms with van der Waals surface area (Å²) in [5, 5.41) is 3.51. The molecule has 0 saturated heterocycles. The molecule has 0 aromatic rings. The highest BCUT2D eigenvalue weighted by molar-refractivity contribution is 4.77. The van der Waals surface area contributed by atoms with Crippen LogP contribution in [0.5, 0.6) is 0 Å². The fourth-order valence-corrected chi connectivity index (χ4v) is 1.21. The summed E-state index contributed by atoms with van der Waals surface area (Å²) in [5.41, 5.74) is 0.355. The van der Waals surface area contributed by atoms with Crippen molar-refractivity contribution < 1.29 is 9.47 Å². The van der Waals surface area contributed by atoms with Crippen molar-refractivity contribution in [3.05, 3.63) is 0 Å². The van der Waals surface area contributed by atoms with Crippen molar-refractivity contribution in [2.45, 2.75) is 46.6 Å². The van der Waals surface area contributed by atoms with Crippen molar-refractivity contribution in [1.29, 1.82) is 0 Å². The summed E-state index contributed by atoms with van der Waals surface area (Å²) in [5.74, 6) is 0. The molecule has 0 fully saturated rings. The van der Waals surface area contributed by atoms with E-state index in [0.717, 1.165) is 32.8 Å². The highest BCUT2D eigenvalue weighted by atomic mass is 16.5. The molecule has 16 heavy (non-hydrogen) atoms. The molecule has 0 aliphatic rings. The Morgan fingerprint density at radius 3 is 2.12 bits per heavy atom. The molecule has 0 aromatic heterocycles. The molecule has 0 aromatic carbocycles. The predicted octanol–water partition coefficient (Wildman–Crippen LogP) is 2.45. The highest BCUT2D eigenvalue weighted by Gasteiger charge is 2.20. The van der Waals surface area contributed by atoms with Crippen LogP contribution in [0.4, 0.5) is 0 Å². The van der Waals surface area contributed by atoms with Crippen LogP contribution >= 0.6 is 0 Å². The number of methoxy groups -OCH3 is 1. The van der Waals surface area contributed by atoms with Crippen LogP contribution in [0.2, 0.25) is 0 Å². The van der Waals surface area contributed by atoms with E-state index in [-0.39, 0.29) is 11.0 Å². The molecule has 1 N–H and O–H groups in total. The van der Waals surface area contributed by atoms with Gasteiger partial charge in [0.1, 0.15) is 0 Å². The fraction of sp³-hybridized carbons (Fsp3) is 1.00. The first-order valence-electron chi connectivity index (χ1n) is 6.08. The molecule has 0 saturated carbocycles. The maximum Gasteiger partial charge on any atom is 0.0529 e. The molecule has 0 radical (unpaired) electrons. The Labute approximate surface area is 101 Å². The SMILES string of the molecule is COCCCOCC(C)(C)CNC(C)(C)C. The van der Waals surface area contributed by atoms with Crippen molar-refractivity contribution >= 4 is 0 Å². The number of nitrogens with one attached hydrogen (secondary N) is 1. The first-order chi connectivity index (χ1) is 7.27. The van der Waals surface area contributed by atoms with Crippen LogP contribution in [0.1, 0.15) is 41.0 Å². The molecular formula is C13H29NO2. The molecule has 3 heteroatoms. The number of ether oxygens (including phenoxy) is 2. The summed E-state index contributed by atoms with van der Waals surface area (Å²) in [6.07, 6.45) is 0.972. The number of rotatable bonds is 8. The first kappa shape index (κ1) is 15.9. The maximum atomic E-state index is 5.65. The zero-order valence-electron chi connectivity index (χ0n) is 11.9. The summed E-state index contributed by atoms with van der Waals surface area (Å²) >= 11 is 0. The molecule has 0 aliphatic carbocycles. The monoisotopic (exact) mass is 231 g/mol. The minimum atomic E-state index is 0.174. The number of hydrogen-bond donors (Lipinski definition) is 1. The fourth-order valence-electron chi connectivity index (χ4n) is 1.21. The third kappa shape index (κ3) is 10.4. The van der Waals surface area contributed by atoms with Crippen LogP contribution in [-0.4, -0.2) is 39.0 Å². The zero-order chi connectivity index (χ0) is 12.7. The topological polar surface area (TPSA) is 30.5 Å². The second-order valence-electron chi connectivity index (χ2n) is 6.17. The molecule has 0 unspecified atom stereocenters. The third-order valence-electron chi connectivity index (χ3n) is 2.23. The minimum Gasteiger partial charge on any atom is -0.385 e. The van der Waals surface area contributed by atoms with Gasteiger partial charge < -0.3 is 14.8 Å². The molecule has 3 nitrogen and oxygen atoms in total. The third-order valence-corrected chi connectivity index (χ3v) is 2.23. The molecule has 0 heterocycles. The van der Waals surface area contributed by atoms with Gasteiger partial charge in [0.25, 0.3) is 0 Å². The van der Waals surface area contributed by atoms with Crippen LogP contribution in [0.15, 0.2) is 0 Å². The van der Waals surface area contributed by atoms with E-state index in [9.17, 15) is 0 Å². The molecular weight excluding hydrogens is 202 g/mol. The normalized spacial score (nSPS) is 13.1. The van der Waals surface area contributed by atoms with Gasteiger partial charge in [-0.1, -0.05) is 13.8 Å². The maximum absolute atomic E-state index is 5.65. The van der Waals surface area contributed by atoms with Gasteiger partial charge >= 0.3 is 0 Å². The second-order valence-corrected chi connectivity index (χ2v) is 6.17. The van der Waals surface area contributed by atoms with Gasteiger partial charge in [-0.3, -0.25) is 0 Å². The van der Waals surface area contributed by atoms with E-state index in [2.05, 4.69) is 39.9 Å². The van der Waals surface area contributed by atoms with Crippen LogP contribution in [0.3, 0.4) is 0 Å². The van der Waals surface area contributed by atoms with E-state index in [4.69, 9.17) is 9.47 Å². The van der Waals surface area contributed by atoms with Gasteiger partial charge in [-0.25, -0.2) is 0 Å². The lowest BCUT2D eigenvalue weighted by atomic mass is 9.93. The first-order valence-corrected chi connectivity index (χ1v) is 6.08. The second kappa shape index (κ2) is 7.25. The van der Waals surface area contributed by atoms with Crippen molar-refractivity contribution in [2.24, 2.45) is 5.41 Å². The molecule has 0 amide bonds. The average Bonchev–Trinajstić information content (AvgIpc) is 2.14. The van der Waals surface area contributed by atoms with E-state index >= 15 is 0 Å². The van der Waals surface area contributed by atoms with Crippen molar-refractivity contribution in [3.63, 3.8) is 0 Å². The molecule has 98 valence electrons. The van der Waals surface area contributed by atoms with Gasteiger partial charge in [-0.15, -0.1) is 0 Å². The van der Waals surface area contributed by atoms with Crippen LogP contribution in [0, 0.1) is 5.41 Å². The van der Waals surface area contributed by atoms with Crippen LogP contribution < -0.4 is 5.32 Å². The molecule has 0 bridgehead atoms. The van der Waals surface area contributed by atoms with E-state index in [1.54, 1.807) is 7.11 Å². The largest absolute Gasteiger partial charge is 0.385 e. The van der Waals surface area contributed by atoms with E-state index < -0.39 is 0 Å². The minimum absolute atomic E-state index is 0.174. The van der Waals surface area contributed by atoms with Crippen LogP contribution in [0.25, 0.3) is 0 Å². The lowest BCUT2D eigenvalue weighted by Gasteiger charge is -2.30. The Hall–Kier alpha value is -0.120. The summed E-state index contributed by atoms with van der Waals surface area (Å²) in [7, 11) is 1.72. The van der Waals surface area contributed by atoms with Crippen molar-refractivity contribution in [2.75, 3.05) is 33.5 Å². The summed E-state index contributed by atoms with van der Waals surface area (Å²) in [4.78, 5) is 0. The smallest absolute Gasteiger partial charge is 0.0529 e. The number of hydrogen-bond acceptors (Lipinski definition) is 3. The van der Waals surface area contributed by atoms with E-state index in [0.29, 0.717) is 0 Å². The summed E-state index contributed by atoms with van der Waals surface area (Å²) in [6.45, 7) is 14.3. The molecule has 0 rings (SSSR count). The Morgan fingerprint density at radius 2 is 1.62 bits per heavy atom. The Balaban J connectivity index is 3.62.